The number of aromatic hydroxyl groups is 1. The highest BCUT2D eigenvalue weighted by atomic mass is 16.3. The number of benzene rings is 2. The van der Waals surface area contributed by atoms with Gasteiger partial charge in [0.2, 0.25) is 0 Å². The van der Waals surface area contributed by atoms with Crippen LogP contribution in [0.1, 0.15) is 61.3 Å². The number of Topliss-reactive ketones (excluding diaryl/α,β-unsaturated/α-hetero) is 1. The van der Waals surface area contributed by atoms with E-state index in [0.717, 1.165) is 31.2 Å². The molecule has 1 unspecified atom stereocenters. The van der Waals surface area contributed by atoms with Gasteiger partial charge in [-0.15, -0.1) is 0 Å². The molecule has 1 aliphatic rings. The molecular formula is C22H26O2. The molecule has 126 valence electrons. The second kappa shape index (κ2) is 6.80. The Balaban J connectivity index is 2.15. The average molecular weight is 322 g/mol. The first-order valence-electron chi connectivity index (χ1n) is 8.96. The lowest BCUT2D eigenvalue weighted by Gasteiger charge is -2.40. The minimum atomic E-state index is -0.250. The molecule has 2 aromatic carbocycles. The molecule has 0 saturated carbocycles. The number of fused-ring (bicyclic) bond motifs is 1. The molecule has 24 heavy (non-hydrogen) atoms. The van der Waals surface area contributed by atoms with Crippen LogP contribution in [0, 0.1) is 6.92 Å². The highest BCUT2D eigenvalue weighted by Crippen LogP contribution is 2.46. The first-order chi connectivity index (χ1) is 11.5. The largest absolute Gasteiger partial charge is 0.508 e. The Morgan fingerprint density at radius 1 is 1.17 bits per heavy atom. The van der Waals surface area contributed by atoms with E-state index in [4.69, 9.17) is 0 Å². The van der Waals surface area contributed by atoms with Crippen LogP contribution in [0.4, 0.5) is 0 Å². The van der Waals surface area contributed by atoms with Gasteiger partial charge in [-0.3, -0.25) is 4.79 Å². The van der Waals surface area contributed by atoms with Crippen molar-refractivity contribution < 1.29 is 9.90 Å². The van der Waals surface area contributed by atoms with E-state index in [1.165, 1.54) is 16.7 Å². The Bertz CT molecular complexity index is 730. The van der Waals surface area contributed by atoms with Gasteiger partial charge >= 0.3 is 0 Å². The van der Waals surface area contributed by atoms with Crippen molar-refractivity contribution in [1.29, 1.82) is 0 Å². The molecule has 1 N–H and O–H groups in total. The number of aryl methyl sites for hydroxylation is 2. The zero-order valence-corrected chi connectivity index (χ0v) is 14.6. The van der Waals surface area contributed by atoms with E-state index in [2.05, 4.69) is 32.0 Å². The van der Waals surface area contributed by atoms with Gasteiger partial charge in [-0.2, -0.15) is 0 Å². The van der Waals surface area contributed by atoms with Crippen molar-refractivity contribution >= 4 is 5.78 Å². The van der Waals surface area contributed by atoms with Crippen molar-refractivity contribution in [3.05, 3.63) is 64.7 Å². The van der Waals surface area contributed by atoms with Crippen LogP contribution in [-0.4, -0.2) is 10.9 Å². The quantitative estimate of drug-likeness (QED) is 0.833. The molecule has 2 nitrogen and oxygen atoms in total. The number of carbonyl (C=O) groups excluding carboxylic acids is 1. The van der Waals surface area contributed by atoms with Gasteiger partial charge < -0.3 is 5.11 Å². The van der Waals surface area contributed by atoms with Crippen molar-refractivity contribution in [2.45, 2.75) is 57.8 Å². The number of carbonyl (C=O) groups is 1. The van der Waals surface area contributed by atoms with Crippen molar-refractivity contribution in [2.24, 2.45) is 0 Å². The lowest BCUT2D eigenvalue weighted by molar-refractivity contribution is -0.120. The number of hydrogen-bond donors (Lipinski definition) is 1. The molecule has 1 atom stereocenters. The molecule has 3 rings (SSSR count). The van der Waals surface area contributed by atoms with Crippen LogP contribution >= 0.6 is 0 Å². The Morgan fingerprint density at radius 2 is 1.92 bits per heavy atom. The van der Waals surface area contributed by atoms with Crippen LogP contribution in [0.2, 0.25) is 0 Å². The maximum Gasteiger partial charge on any atom is 0.134 e. The molecule has 2 heteroatoms. The maximum absolute atomic E-state index is 12.6. The predicted octanol–water partition coefficient (Wildman–Crippen LogP) is 5.08. The van der Waals surface area contributed by atoms with E-state index in [1.807, 2.05) is 12.1 Å². The first-order valence-corrected chi connectivity index (χ1v) is 8.96. The SMILES string of the molecule is CCCC(=O)CC1(c2ccc(O)cc2)CCCc2ccc(C)cc21. The fourth-order valence-corrected chi connectivity index (χ4v) is 4.14. The number of hydrogen-bond acceptors (Lipinski definition) is 2. The van der Waals surface area contributed by atoms with Gasteiger partial charge in [-0.25, -0.2) is 0 Å². The Kier molecular flexibility index (Phi) is 4.75. The third-order valence-electron chi connectivity index (χ3n) is 5.28. The molecule has 0 bridgehead atoms. The molecule has 0 heterocycles. The van der Waals surface area contributed by atoms with Crippen molar-refractivity contribution in [3.63, 3.8) is 0 Å². The van der Waals surface area contributed by atoms with Crippen molar-refractivity contribution in [2.75, 3.05) is 0 Å². The lowest BCUT2D eigenvalue weighted by atomic mass is 9.63. The fourth-order valence-electron chi connectivity index (χ4n) is 4.14. The summed E-state index contributed by atoms with van der Waals surface area (Å²) in [6, 6.07) is 14.1. The lowest BCUT2D eigenvalue weighted by Crippen LogP contribution is -2.35. The van der Waals surface area contributed by atoms with Crippen molar-refractivity contribution in [1.82, 2.24) is 0 Å². The van der Waals surface area contributed by atoms with Crippen LogP contribution < -0.4 is 0 Å². The molecule has 0 amide bonds. The van der Waals surface area contributed by atoms with Gasteiger partial charge in [-0.05, 0) is 61.4 Å². The predicted molar refractivity (Wildman–Crippen MR) is 97.5 cm³/mol. The van der Waals surface area contributed by atoms with Gasteiger partial charge in [0, 0.05) is 18.3 Å². The first kappa shape index (κ1) is 16.8. The summed E-state index contributed by atoms with van der Waals surface area (Å²) in [5, 5.41) is 9.68. The van der Waals surface area contributed by atoms with Crippen LogP contribution in [-0.2, 0) is 16.6 Å². The molecule has 0 fully saturated rings. The molecule has 0 radical (unpaired) electrons. The standard InChI is InChI=1S/C22H26O2/c1-3-5-20(24)15-22(18-9-11-19(23)12-10-18)13-4-6-17-8-7-16(2)14-21(17)22/h7-12,14,23H,3-6,13,15H2,1-2H3. The fraction of sp³-hybridized carbons (Fsp3) is 0.409. The van der Waals surface area contributed by atoms with E-state index in [9.17, 15) is 9.90 Å². The monoisotopic (exact) mass is 322 g/mol. The molecule has 0 spiro atoms. The van der Waals surface area contributed by atoms with Gasteiger partial charge in [-0.1, -0.05) is 42.8 Å². The second-order valence-corrected chi connectivity index (χ2v) is 7.11. The third-order valence-corrected chi connectivity index (χ3v) is 5.28. The smallest absolute Gasteiger partial charge is 0.134 e. The van der Waals surface area contributed by atoms with E-state index < -0.39 is 0 Å². The van der Waals surface area contributed by atoms with Crippen LogP contribution in [0.25, 0.3) is 0 Å². The minimum absolute atomic E-state index is 0.250. The summed E-state index contributed by atoms with van der Waals surface area (Å²) in [4.78, 5) is 12.6. The van der Waals surface area contributed by atoms with Crippen molar-refractivity contribution in [3.8, 4) is 5.75 Å². The molecule has 2 aromatic rings. The van der Waals surface area contributed by atoms with E-state index in [1.54, 1.807) is 12.1 Å². The molecular weight excluding hydrogens is 296 g/mol. The molecule has 0 aromatic heterocycles. The second-order valence-electron chi connectivity index (χ2n) is 7.11. The third kappa shape index (κ3) is 3.10. The van der Waals surface area contributed by atoms with Gasteiger partial charge in [0.1, 0.15) is 11.5 Å². The summed E-state index contributed by atoms with van der Waals surface area (Å²) in [7, 11) is 0. The van der Waals surface area contributed by atoms with E-state index in [-0.39, 0.29) is 11.2 Å². The number of phenolic OH excluding ortho intramolecular Hbond substituents is 1. The highest BCUT2D eigenvalue weighted by molar-refractivity contribution is 5.81. The van der Waals surface area contributed by atoms with Crippen LogP contribution in [0.15, 0.2) is 42.5 Å². The minimum Gasteiger partial charge on any atom is -0.508 e. The van der Waals surface area contributed by atoms with Crippen LogP contribution in [0.3, 0.4) is 0 Å². The normalized spacial score (nSPS) is 19.8. The maximum atomic E-state index is 12.6. The Hall–Kier alpha value is -2.09. The van der Waals surface area contributed by atoms with Gasteiger partial charge in [0.15, 0.2) is 0 Å². The Morgan fingerprint density at radius 3 is 2.62 bits per heavy atom. The average Bonchev–Trinajstić information content (AvgIpc) is 2.56. The topological polar surface area (TPSA) is 37.3 Å². The summed E-state index contributed by atoms with van der Waals surface area (Å²) in [6.45, 7) is 4.18. The van der Waals surface area contributed by atoms with E-state index in [0.29, 0.717) is 18.6 Å². The number of rotatable bonds is 5. The summed E-state index contributed by atoms with van der Waals surface area (Å²) in [5.41, 5.74) is 4.81. The highest BCUT2D eigenvalue weighted by Gasteiger charge is 2.39. The zero-order valence-electron chi connectivity index (χ0n) is 14.6. The molecule has 0 aliphatic heterocycles. The number of phenols is 1. The molecule has 1 aliphatic carbocycles. The Labute approximate surface area is 144 Å². The van der Waals surface area contributed by atoms with Gasteiger partial charge in [0.25, 0.3) is 0 Å². The van der Waals surface area contributed by atoms with Crippen LogP contribution in [0.5, 0.6) is 5.75 Å². The molecule has 0 saturated heterocycles. The summed E-state index contributed by atoms with van der Waals surface area (Å²) >= 11 is 0. The van der Waals surface area contributed by atoms with E-state index >= 15 is 0 Å². The summed E-state index contributed by atoms with van der Waals surface area (Å²) in [6.07, 6.45) is 5.26. The summed E-state index contributed by atoms with van der Waals surface area (Å²) in [5.74, 6) is 0.606. The summed E-state index contributed by atoms with van der Waals surface area (Å²) < 4.78 is 0. The van der Waals surface area contributed by atoms with Gasteiger partial charge in [0.05, 0.1) is 0 Å². The number of ketones is 1. The zero-order chi connectivity index (χ0) is 17.2.